The molecule has 0 saturated carbocycles. The van der Waals surface area contributed by atoms with Gasteiger partial charge < -0.3 is 23.7 Å². The molecule has 0 bridgehead atoms. The molecule has 10 heteroatoms. The van der Waals surface area contributed by atoms with E-state index in [9.17, 15) is 0 Å². The molecule has 0 aliphatic carbocycles. The Bertz CT molecular complexity index is 1910. The van der Waals surface area contributed by atoms with Crippen molar-refractivity contribution < 1.29 is 18.6 Å². The van der Waals surface area contributed by atoms with E-state index in [1.165, 1.54) is 11.3 Å². The number of ether oxygens (including phenoxy) is 3. The van der Waals surface area contributed by atoms with Crippen LogP contribution in [0.25, 0.3) is 32.6 Å². The Labute approximate surface area is 267 Å². The van der Waals surface area contributed by atoms with Gasteiger partial charge in [0.15, 0.2) is 10.9 Å². The number of halogens is 2. The molecular weight excluding hydrogens is 643 g/mol. The van der Waals surface area contributed by atoms with Gasteiger partial charge in [-0.3, -0.25) is 0 Å². The van der Waals surface area contributed by atoms with Crippen molar-refractivity contribution in [1.29, 1.82) is 0 Å². The predicted molar refractivity (Wildman–Crippen MR) is 177 cm³/mol. The molecule has 3 heterocycles. The van der Waals surface area contributed by atoms with Gasteiger partial charge in [0.2, 0.25) is 0 Å². The SMILES string of the molecule is COc1ccc(CN(Cc2ccc(OC)cc2)c2nc3c(F)cc(-c4nc5cc(Br)cc6c5n4CCCCO6)cc3s2)cc1. The molecule has 0 amide bonds. The number of imidazole rings is 1. The van der Waals surface area contributed by atoms with E-state index in [-0.39, 0.29) is 5.82 Å². The summed E-state index contributed by atoms with van der Waals surface area (Å²) in [5, 5.41) is 0.741. The van der Waals surface area contributed by atoms with Gasteiger partial charge in [0.1, 0.15) is 34.1 Å². The third-order valence-corrected chi connectivity index (χ3v) is 9.36. The second kappa shape index (κ2) is 12.1. The number of benzene rings is 4. The second-order valence-electron chi connectivity index (χ2n) is 10.8. The van der Waals surface area contributed by atoms with Crippen molar-refractivity contribution in [2.75, 3.05) is 25.7 Å². The molecule has 224 valence electrons. The summed E-state index contributed by atoms with van der Waals surface area (Å²) in [5.74, 6) is 2.76. The number of thiazole rings is 1. The lowest BCUT2D eigenvalue weighted by Gasteiger charge is -2.22. The largest absolute Gasteiger partial charge is 0.497 e. The highest BCUT2D eigenvalue weighted by atomic mass is 79.9. The summed E-state index contributed by atoms with van der Waals surface area (Å²) in [7, 11) is 3.31. The molecule has 0 N–H and O–H groups in total. The molecule has 0 spiro atoms. The molecule has 2 aromatic heterocycles. The Morgan fingerprint density at radius 3 is 2.25 bits per heavy atom. The number of hydrogen-bond acceptors (Lipinski definition) is 7. The van der Waals surface area contributed by atoms with Gasteiger partial charge in [0, 0.05) is 29.7 Å². The van der Waals surface area contributed by atoms with Crippen LogP contribution < -0.4 is 19.1 Å². The van der Waals surface area contributed by atoms with E-state index >= 15 is 4.39 Å². The fourth-order valence-corrected chi connectivity index (χ4v) is 7.08. The Kier molecular flexibility index (Phi) is 7.86. The molecule has 6 aromatic rings. The molecule has 7 rings (SSSR count). The monoisotopic (exact) mass is 672 g/mol. The van der Waals surface area contributed by atoms with Gasteiger partial charge >= 0.3 is 0 Å². The van der Waals surface area contributed by atoms with Crippen LogP contribution in [0.4, 0.5) is 9.52 Å². The lowest BCUT2D eigenvalue weighted by Crippen LogP contribution is -2.22. The number of anilines is 1. The quantitative estimate of drug-likeness (QED) is 0.161. The zero-order valence-electron chi connectivity index (χ0n) is 24.3. The summed E-state index contributed by atoms with van der Waals surface area (Å²) in [6, 6.07) is 23.5. The molecule has 1 aliphatic rings. The third kappa shape index (κ3) is 5.59. The fourth-order valence-electron chi connectivity index (χ4n) is 5.63. The van der Waals surface area contributed by atoms with Crippen LogP contribution in [0.15, 0.2) is 77.3 Å². The van der Waals surface area contributed by atoms with Crippen molar-refractivity contribution >= 4 is 53.6 Å². The highest BCUT2D eigenvalue weighted by molar-refractivity contribution is 9.10. The molecular formula is C34H30BrFN4O3S. The maximum absolute atomic E-state index is 15.9. The second-order valence-corrected chi connectivity index (χ2v) is 12.7. The molecule has 0 atom stereocenters. The minimum atomic E-state index is -0.364. The first-order valence-corrected chi connectivity index (χ1v) is 16.0. The normalized spacial score (nSPS) is 13.0. The summed E-state index contributed by atoms with van der Waals surface area (Å²) in [4.78, 5) is 12.0. The predicted octanol–water partition coefficient (Wildman–Crippen LogP) is 8.61. The van der Waals surface area contributed by atoms with E-state index in [0.29, 0.717) is 25.2 Å². The fraction of sp³-hybridized carbons (Fsp3) is 0.235. The topological polar surface area (TPSA) is 61.6 Å². The van der Waals surface area contributed by atoms with E-state index in [4.69, 9.17) is 24.2 Å². The maximum Gasteiger partial charge on any atom is 0.187 e. The zero-order chi connectivity index (χ0) is 30.2. The number of rotatable bonds is 8. The van der Waals surface area contributed by atoms with Crippen LogP contribution in [0.2, 0.25) is 0 Å². The molecule has 1 aliphatic heterocycles. The van der Waals surface area contributed by atoms with Crippen LogP contribution in [0.5, 0.6) is 17.2 Å². The van der Waals surface area contributed by atoms with Gasteiger partial charge in [-0.05, 0) is 72.5 Å². The van der Waals surface area contributed by atoms with E-state index in [2.05, 4.69) is 25.4 Å². The van der Waals surface area contributed by atoms with Crippen molar-refractivity contribution in [3.05, 3.63) is 94.2 Å². The van der Waals surface area contributed by atoms with Gasteiger partial charge in [0.25, 0.3) is 0 Å². The van der Waals surface area contributed by atoms with Gasteiger partial charge in [0.05, 0.1) is 31.0 Å². The highest BCUT2D eigenvalue weighted by Gasteiger charge is 2.22. The number of methoxy groups -OCH3 is 2. The number of nitrogens with zero attached hydrogens (tertiary/aromatic N) is 4. The Morgan fingerprint density at radius 1 is 0.909 bits per heavy atom. The molecule has 4 aromatic carbocycles. The van der Waals surface area contributed by atoms with Crippen LogP contribution in [0.3, 0.4) is 0 Å². The van der Waals surface area contributed by atoms with Crippen molar-refractivity contribution in [1.82, 2.24) is 14.5 Å². The van der Waals surface area contributed by atoms with E-state index in [0.717, 1.165) is 84.5 Å². The van der Waals surface area contributed by atoms with Crippen LogP contribution in [0.1, 0.15) is 24.0 Å². The van der Waals surface area contributed by atoms with Gasteiger partial charge in [-0.2, -0.15) is 0 Å². The summed E-state index contributed by atoms with van der Waals surface area (Å²) < 4.78 is 36.5. The van der Waals surface area contributed by atoms with E-state index in [1.54, 1.807) is 20.3 Å². The van der Waals surface area contributed by atoms with Crippen LogP contribution in [-0.2, 0) is 19.6 Å². The van der Waals surface area contributed by atoms with Crippen LogP contribution >= 0.6 is 27.3 Å². The lowest BCUT2D eigenvalue weighted by atomic mass is 10.1. The van der Waals surface area contributed by atoms with Crippen molar-refractivity contribution in [3.8, 4) is 28.6 Å². The van der Waals surface area contributed by atoms with Crippen molar-refractivity contribution in [2.45, 2.75) is 32.5 Å². The van der Waals surface area contributed by atoms with E-state index < -0.39 is 0 Å². The maximum atomic E-state index is 15.9. The molecule has 0 fully saturated rings. The standard InChI is InChI=1S/C34H30BrFN4O3S/c1-41-25-9-5-21(6-10-25)19-39(20-22-7-11-26(42-2)12-8-22)34-38-31-27(36)15-23(16-30(31)44-34)33-37-28-17-24(35)18-29-32(28)40(33)13-3-4-14-43-29/h5-12,15-18H,3-4,13-14,19-20H2,1-2H3. The minimum Gasteiger partial charge on any atom is -0.497 e. The van der Waals surface area contributed by atoms with E-state index in [1.807, 2.05) is 66.7 Å². The number of aromatic nitrogens is 3. The molecule has 0 unspecified atom stereocenters. The third-order valence-electron chi connectivity index (χ3n) is 7.84. The zero-order valence-corrected chi connectivity index (χ0v) is 26.8. The summed E-state index contributed by atoms with van der Waals surface area (Å²) in [6.45, 7) is 2.64. The first-order valence-electron chi connectivity index (χ1n) is 14.4. The number of fused-ring (bicyclic) bond motifs is 1. The Morgan fingerprint density at radius 2 is 1.59 bits per heavy atom. The van der Waals surface area contributed by atoms with Crippen LogP contribution in [-0.4, -0.2) is 35.4 Å². The summed E-state index contributed by atoms with van der Waals surface area (Å²) in [5.41, 5.74) is 5.04. The first kappa shape index (κ1) is 28.6. The lowest BCUT2D eigenvalue weighted by molar-refractivity contribution is 0.299. The van der Waals surface area contributed by atoms with Gasteiger partial charge in [-0.25, -0.2) is 14.4 Å². The summed E-state index contributed by atoms with van der Waals surface area (Å²) in [6.07, 6.45) is 1.89. The van der Waals surface area contributed by atoms with Crippen molar-refractivity contribution in [3.63, 3.8) is 0 Å². The number of aryl methyl sites for hydroxylation is 1. The Balaban J connectivity index is 1.29. The highest BCUT2D eigenvalue weighted by Crippen LogP contribution is 2.39. The molecule has 44 heavy (non-hydrogen) atoms. The molecule has 0 radical (unpaired) electrons. The van der Waals surface area contributed by atoms with Crippen LogP contribution in [0, 0.1) is 5.82 Å². The average molecular weight is 674 g/mol. The summed E-state index contributed by atoms with van der Waals surface area (Å²) >= 11 is 5.08. The van der Waals surface area contributed by atoms with Gasteiger partial charge in [-0.1, -0.05) is 51.5 Å². The Hall–Kier alpha value is -4.15. The average Bonchev–Trinajstić information content (AvgIpc) is 3.62. The first-order chi connectivity index (χ1) is 21.5. The molecule has 7 nitrogen and oxygen atoms in total. The smallest absolute Gasteiger partial charge is 0.187 e. The molecule has 0 saturated heterocycles. The van der Waals surface area contributed by atoms with Gasteiger partial charge in [-0.15, -0.1) is 0 Å². The van der Waals surface area contributed by atoms with Crippen molar-refractivity contribution in [2.24, 2.45) is 0 Å². The number of hydrogen-bond donors (Lipinski definition) is 0. The minimum absolute atomic E-state index is 0.360.